The van der Waals surface area contributed by atoms with E-state index in [0.29, 0.717) is 0 Å². The molecule has 0 aliphatic carbocycles. The van der Waals surface area contributed by atoms with Crippen LogP contribution in [0.5, 0.6) is 0 Å². The molecule has 12 aromatic carbocycles. The van der Waals surface area contributed by atoms with E-state index in [9.17, 15) is 0 Å². The summed E-state index contributed by atoms with van der Waals surface area (Å²) in [6.45, 7) is 0. The van der Waals surface area contributed by atoms with Gasteiger partial charge in [0.2, 0.25) is 0 Å². The quantitative estimate of drug-likeness (QED) is 0.0687. The Bertz CT molecular complexity index is 3780. The highest BCUT2D eigenvalue weighted by Crippen LogP contribution is 2.45. The first-order valence-corrected chi connectivity index (χ1v) is 26.8. The van der Waals surface area contributed by atoms with Gasteiger partial charge in [-0.2, -0.15) is 0 Å². The first-order chi connectivity index (χ1) is 35.7. The molecule has 340 valence electrons. The van der Waals surface area contributed by atoms with Crippen molar-refractivity contribution in [3.8, 4) is 16.8 Å². The lowest BCUT2D eigenvalue weighted by Crippen LogP contribution is -2.74. The summed E-state index contributed by atoms with van der Waals surface area (Å²) in [5.74, 6) is 0. The number of rotatable bonds is 12. The van der Waals surface area contributed by atoms with Crippen LogP contribution in [-0.4, -0.2) is 12.6 Å². The third-order valence-electron chi connectivity index (χ3n) is 14.4. The van der Waals surface area contributed by atoms with Crippen molar-refractivity contribution in [2.75, 3.05) is 9.80 Å². The minimum absolute atomic E-state index is 1.07. The van der Waals surface area contributed by atoms with Gasteiger partial charge in [0.25, 0.3) is 0 Å². The average molecular weight is 936 g/mol. The van der Waals surface area contributed by atoms with Crippen LogP contribution in [0.2, 0.25) is 0 Å². The van der Waals surface area contributed by atoms with Crippen molar-refractivity contribution < 1.29 is 0 Å². The Morgan fingerprint density at radius 1 is 0.250 bits per heavy atom. The lowest BCUT2D eigenvalue weighted by Gasteiger charge is -2.34. The molecule has 13 aromatic rings. The lowest BCUT2D eigenvalue weighted by molar-refractivity contribution is 1.18. The van der Waals surface area contributed by atoms with Crippen LogP contribution in [0.4, 0.5) is 34.1 Å². The summed E-state index contributed by atoms with van der Waals surface area (Å²) >= 11 is 0. The van der Waals surface area contributed by atoms with Crippen LogP contribution < -0.4 is 30.5 Å². The van der Waals surface area contributed by atoms with Crippen molar-refractivity contribution in [3.63, 3.8) is 0 Å². The number of hydrogen-bond donors (Lipinski definition) is 0. The number of para-hydroxylation sites is 3. The topological polar surface area (TPSA) is 11.4 Å². The minimum Gasteiger partial charge on any atom is -0.311 e. The fraction of sp³-hybridized carbons (Fsp3) is 0. The predicted molar refractivity (Wildman–Crippen MR) is 308 cm³/mol. The van der Waals surface area contributed by atoms with Gasteiger partial charge in [-0.1, -0.05) is 206 Å². The van der Waals surface area contributed by atoms with E-state index in [0.717, 1.165) is 39.8 Å². The van der Waals surface area contributed by atoms with Gasteiger partial charge in [-0.25, -0.2) is 0 Å². The van der Waals surface area contributed by atoms with Crippen LogP contribution in [0, 0.1) is 0 Å². The molecule has 3 nitrogen and oxygen atoms in total. The van der Waals surface area contributed by atoms with Crippen LogP contribution >= 0.6 is 0 Å². The van der Waals surface area contributed by atoms with Crippen molar-refractivity contribution in [3.05, 3.63) is 297 Å². The van der Waals surface area contributed by atoms with Crippen molar-refractivity contribution in [1.29, 1.82) is 0 Å². The number of nitrogens with zero attached hydrogens (tertiary/aromatic N) is 3. The Labute approximate surface area is 421 Å². The van der Waals surface area contributed by atoms with E-state index in [4.69, 9.17) is 0 Å². The Morgan fingerprint density at radius 3 is 1.12 bits per heavy atom. The molecule has 0 atom stereocenters. The van der Waals surface area contributed by atoms with Gasteiger partial charge < -0.3 is 14.4 Å². The van der Waals surface area contributed by atoms with Gasteiger partial charge in [0, 0.05) is 50.6 Å². The third-order valence-corrected chi connectivity index (χ3v) is 19.2. The highest BCUT2D eigenvalue weighted by atomic mass is 28.3. The van der Waals surface area contributed by atoms with E-state index in [1.165, 1.54) is 64.5 Å². The van der Waals surface area contributed by atoms with E-state index >= 15 is 0 Å². The zero-order valence-electron chi connectivity index (χ0n) is 39.6. The van der Waals surface area contributed by atoms with Gasteiger partial charge in [-0.05, 0) is 134 Å². The van der Waals surface area contributed by atoms with Crippen LogP contribution in [0.1, 0.15) is 0 Å². The van der Waals surface area contributed by atoms with Crippen LogP contribution in [0.15, 0.2) is 297 Å². The van der Waals surface area contributed by atoms with E-state index in [1.807, 2.05) is 0 Å². The van der Waals surface area contributed by atoms with Crippen molar-refractivity contribution >= 4 is 95.5 Å². The second kappa shape index (κ2) is 18.3. The SMILES string of the molecule is c1ccc(N(c2ccccc2)c2ccc(N(c3ccc(-c4ccc([Si](c5ccccc5)(c5ccccc5)c5ccccc5)cc4)cc3)c3cc4ccc5cccc6c5c4c(c3)n6-c3ccccc3)cc2)cc1. The summed E-state index contributed by atoms with van der Waals surface area (Å²) in [5, 5.41) is 10.5. The molecular weight excluding hydrogens is 887 g/mol. The van der Waals surface area contributed by atoms with E-state index < -0.39 is 8.07 Å². The summed E-state index contributed by atoms with van der Waals surface area (Å²) in [7, 11) is -2.65. The Kier molecular flexibility index (Phi) is 10.9. The van der Waals surface area contributed by atoms with Gasteiger partial charge in [-0.15, -0.1) is 0 Å². The maximum Gasteiger partial charge on any atom is 0.179 e. The molecule has 72 heavy (non-hydrogen) atoms. The lowest BCUT2D eigenvalue weighted by atomic mass is 10.0. The fourth-order valence-electron chi connectivity index (χ4n) is 11.2. The molecule has 0 spiro atoms. The normalized spacial score (nSPS) is 11.6. The molecule has 0 saturated heterocycles. The van der Waals surface area contributed by atoms with Crippen molar-refractivity contribution in [2.24, 2.45) is 0 Å². The summed E-state index contributed by atoms with van der Waals surface area (Å²) in [6, 6.07) is 109. The molecule has 0 N–H and O–H groups in total. The predicted octanol–water partition coefficient (Wildman–Crippen LogP) is 15.4. The Morgan fingerprint density at radius 2 is 0.625 bits per heavy atom. The van der Waals surface area contributed by atoms with E-state index in [1.54, 1.807) is 0 Å². The monoisotopic (exact) mass is 935 g/mol. The average Bonchev–Trinajstić information content (AvgIpc) is 3.80. The molecule has 4 heteroatoms. The number of benzene rings is 12. The second-order valence-electron chi connectivity index (χ2n) is 18.5. The van der Waals surface area contributed by atoms with Crippen molar-refractivity contribution in [1.82, 2.24) is 4.57 Å². The molecule has 0 unspecified atom stereocenters. The zero-order chi connectivity index (χ0) is 47.8. The molecule has 1 heterocycles. The summed E-state index contributed by atoms with van der Waals surface area (Å²) in [5.41, 5.74) is 12.4. The molecule has 0 saturated carbocycles. The van der Waals surface area contributed by atoms with Gasteiger partial charge >= 0.3 is 0 Å². The third kappa shape index (κ3) is 7.36. The second-order valence-corrected chi connectivity index (χ2v) is 22.3. The Hall–Kier alpha value is -9.22. The standard InChI is InChI=1S/C68H49N3Si/c1-7-21-54(22-8-1)69(55-23-9-2-10-24-55)58-42-44-59(45-43-58)70(60-48-53-35-34-52-20-19-33-65-67(52)68(53)66(49-60)71(65)56-25-11-3-12-26-56)57-40-36-50(37-41-57)51-38-46-64(47-39-51)72(61-27-13-4-14-28-61,62-29-15-5-16-30-62)63-31-17-6-18-32-63/h1-49H. The molecular formula is C68H49N3Si. The molecule has 0 aliphatic rings. The van der Waals surface area contributed by atoms with E-state index in [2.05, 4.69) is 312 Å². The summed E-state index contributed by atoms with van der Waals surface area (Å²) < 4.78 is 2.44. The van der Waals surface area contributed by atoms with Crippen molar-refractivity contribution in [2.45, 2.75) is 0 Å². The van der Waals surface area contributed by atoms with Crippen LogP contribution in [0.3, 0.4) is 0 Å². The largest absolute Gasteiger partial charge is 0.311 e. The van der Waals surface area contributed by atoms with Crippen LogP contribution in [0.25, 0.3) is 49.4 Å². The smallest absolute Gasteiger partial charge is 0.179 e. The first-order valence-electron chi connectivity index (χ1n) is 24.8. The van der Waals surface area contributed by atoms with Crippen LogP contribution in [-0.2, 0) is 0 Å². The molecule has 0 bridgehead atoms. The highest BCUT2D eigenvalue weighted by molar-refractivity contribution is 7.19. The summed E-state index contributed by atoms with van der Waals surface area (Å²) in [4.78, 5) is 4.73. The highest BCUT2D eigenvalue weighted by Gasteiger charge is 2.41. The zero-order valence-corrected chi connectivity index (χ0v) is 40.6. The molecule has 0 fully saturated rings. The van der Waals surface area contributed by atoms with Gasteiger partial charge in [0.15, 0.2) is 8.07 Å². The first kappa shape index (κ1) is 42.8. The molecule has 1 aromatic heterocycles. The number of aromatic nitrogens is 1. The molecule has 0 radical (unpaired) electrons. The van der Waals surface area contributed by atoms with Gasteiger partial charge in [-0.3, -0.25) is 0 Å². The molecule has 0 amide bonds. The van der Waals surface area contributed by atoms with E-state index in [-0.39, 0.29) is 0 Å². The maximum atomic E-state index is 2.44. The fourth-order valence-corrected chi connectivity index (χ4v) is 16.0. The minimum atomic E-state index is -2.65. The maximum absolute atomic E-state index is 2.65. The number of anilines is 6. The molecule has 13 rings (SSSR count). The molecule has 0 aliphatic heterocycles. The number of hydrogen-bond acceptors (Lipinski definition) is 2. The Balaban J connectivity index is 0.943. The summed E-state index contributed by atoms with van der Waals surface area (Å²) in [6.07, 6.45) is 0. The van der Waals surface area contributed by atoms with Gasteiger partial charge in [0.05, 0.1) is 11.0 Å². The van der Waals surface area contributed by atoms with Gasteiger partial charge in [0.1, 0.15) is 0 Å².